The molecule has 3 atom stereocenters. The molecule has 4 nitrogen and oxygen atoms in total. The molecule has 0 aliphatic carbocycles. The number of aliphatic hydroxyl groups is 1. The molecule has 1 heterocycles. The summed E-state index contributed by atoms with van der Waals surface area (Å²) >= 11 is 0. The SMILES string of the molecule is CC1CN(C(C)CC(C)(N)CO)CCCO1. The van der Waals surface area contributed by atoms with Crippen LogP contribution in [0.2, 0.25) is 0 Å². The van der Waals surface area contributed by atoms with Crippen LogP contribution in [0, 0.1) is 0 Å². The lowest BCUT2D eigenvalue weighted by molar-refractivity contribution is 0.0573. The highest BCUT2D eigenvalue weighted by molar-refractivity contribution is 4.84. The smallest absolute Gasteiger partial charge is 0.0673 e. The lowest BCUT2D eigenvalue weighted by atomic mass is 9.95. The molecule has 0 aromatic carbocycles. The van der Waals surface area contributed by atoms with E-state index in [-0.39, 0.29) is 6.61 Å². The Kier molecular flexibility index (Phi) is 5.18. The average molecular weight is 230 g/mol. The van der Waals surface area contributed by atoms with Crippen LogP contribution in [-0.2, 0) is 4.74 Å². The molecule has 1 fully saturated rings. The van der Waals surface area contributed by atoms with Crippen molar-refractivity contribution < 1.29 is 9.84 Å². The minimum Gasteiger partial charge on any atom is -0.394 e. The molecule has 16 heavy (non-hydrogen) atoms. The Morgan fingerprint density at radius 3 is 2.94 bits per heavy atom. The van der Waals surface area contributed by atoms with Crippen molar-refractivity contribution in [3.8, 4) is 0 Å². The largest absolute Gasteiger partial charge is 0.394 e. The van der Waals surface area contributed by atoms with E-state index in [0.717, 1.165) is 32.5 Å². The summed E-state index contributed by atoms with van der Waals surface area (Å²) in [5.74, 6) is 0. The average Bonchev–Trinajstić information content (AvgIpc) is 2.42. The second kappa shape index (κ2) is 5.96. The Labute approximate surface area is 98.8 Å². The maximum Gasteiger partial charge on any atom is 0.0673 e. The molecule has 96 valence electrons. The summed E-state index contributed by atoms with van der Waals surface area (Å²) in [6, 6.07) is 0.395. The highest BCUT2D eigenvalue weighted by atomic mass is 16.5. The summed E-state index contributed by atoms with van der Waals surface area (Å²) in [6.07, 6.45) is 2.19. The number of nitrogens with zero attached hydrogens (tertiary/aromatic N) is 1. The molecule has 1 aliphatic heterocycles. The zero-order chi connectivity index (χ0) is 12.2. The first-order valence-corrected chi connectivity index (χ1v) is 6.20. The molecule has 1 rings (SSSR count). The van der Waals surface area contributed by atoms with E-state index in [9.17, 15) is 5.11 Å². The fourth-order valence-corrected chi connectivity index (χ4v) is 2.30. The van der Waals surface area contributed by atoms with Crippen molar-refractivity contribution in [2.75, 3.05) is 26.3 Å². The molecule has 0 bridgehead atoms. The zero-order valence-corrected chi connectivity index (χ0v) is 10.8. The molecule has 0 aromatic rings. The summed E-state index contributed by atoms with van der Waals surface area (Å²) < 4.78 is 5.62. The van der Waals surface area contributed by atoms with Gasteiger partial charge in [-0.1, -0.05) is 0 Å². The minimum atomic E-state index is -0.476. The first kappa shape index (κ1) is 13.9. The quantitative estimate of drug-likeness (QED) is 0.742. The standard InChI is InChI=1S/C12H26N2O2/c1-10(7-12(3,13)9-15)14-5-4-6-16-11(2)8-14/h10-11,15H,4-9,13H2,1-3H3. The van der Waals surface area contributed by atoms with Gasteiger partial charge in [0, 0.05) is 31.3 Å². The predicted octanol–water partition coefficient (Wildman–Crippen LogP) is 0.586. The predicted molar refractivity (Wildman–Crippen MR) is 65.4 cm³/mol. The van der Waals surface area contributed by atoms with Crippen molar-refractivity contribution >= 4 is 0 Å². The van der Waals surface area contributed by atoms with Crippen molar-refractivity contribution in [3.63, 3.8) is 0 Å². The van der Waals surface area contributed by atoms with E-state index in [1.807, 2.05) is 6.92 Å². The molecule has 0 aromatic heterocycles. The van der Waals surface area contributed by atoms with Crippen LogP contribution in [0.25, 0.3) is 0 Å². The molecule has 3 N–H and O–H groups in total. The van der Waals surface area contributed by atoms with Gasteiger partial charge in [0.1, 0.15) is 0 Å². The number of nitrogens with two attached hydrogens (primary N) is 1. The van der Waals surface area contributed by atoms with Gasteiger partial charge >= 0.3 is 0 Å². The topological polar surface area (TPSA) is 58.7 Å². The van der Waals surface area contributed by atoms with Gasteiger partial charge in [0.15, 0.2) is 0 Å². The van der Waals surface area contributed by atoms with Crippen LogP contribution < -0.4 is 5.73 Å². The molecule has 1 saturated heterocycles. The van der Waals surface area contributed by atoms with Gasteiger partial charge in [0.25, 0.3) is 0 Å². The highest BCUT2D eigenvalue weighted by Crippen LogP contribution is 2.16. The molecule has 0 saturated carbocycles. The second-order valence-corrected chi connectivity index (χ2v) is 5.40. The van der Waals surface area contributed by atoms with Gasteiger partial charge in [0.2, 0.25) is 0 Å². The summed E-state index contributed by atoms with van der Waals surface area (Å²) in [5.41, 5.74) is 5.51. The van der Waals surface area contributed by atoms with E-state index in [1.165, 1.54) is 0 Å². The van der Waals surface area contributed by atoms with Crippen LogP contribution in [0.15, 0.2) is 0 Å². The number of aliphatic hydroxyl groups excluding tert-OH is 1. The van der Waals surface area contributed by atoms with Crippen LogP contribution in [0.5, 0.6) is 0 Å². The van der Waals surface area contributed by atoms with Crippen molar-refractivity contribution in [3.05, 3.63) is 0 Å². The number of hydrogen-bond donors (Lipinski definition) is 2. The fourth-order valence-electron chi connectivity index (χ4n) is 2.30. The van der Waals surface area contributed by atoms with E-state index >= 15 is 0 Å². The highest BCUT2D eigenvalue weighted by Gasteiger charge is 2.26. The molecule has 3 unspecified atom stereocenters. The Balaban J connectivity index is 2.48. The van der Waals surface area contributed by atoms with Crippen LogP contribution >= 0.6 is 0 Å². The number of hydrogen-bond acceptors (Lipinski definition) is 4. The van der Waals surface area contributed by atoms with Gasteiger partial charge in [-0.3, -0.25) is 4.90 Å². The van der Waals surface area contributed by atoms with E-state index in [0.29, 0.717) is 12.1 Å². The van der Waals surface area contributed by atoms with Crippen molar-refractivity contribution in [1.82, 2.24) is 4.90 Å². The normalized spacial score (nSPS) is 29.4. The van der Waals surface area contributed by atoms with Crippen molar-refractivity contribution in [2.24, 2.45) is 5.73 Å². The van der Waals surface area contributed by atoms with Crippen LogP contribution in [-0.4, -0.2) is 54.0 Å². The fraction of sp³-hybridized carbons (Fsp3) is 1.00. The van der Waals surface area contributed by atoms with Gasteiger partial charge in [-0.15, -0.1) is 0 Å². The number of ether oxygens (including phenoxy) is 1. The zero-order valence-electron chi connectivity index (χ0n) is 10.8. The van der Waals surface area contributed by atoms with E-state index in [4.69, 9.17) is 10.5 Å². The Morgan fingerprint density at radius 2 is 2.31 bits per heavy atom. The molecule has 0 radical (unpaired) electrons. The summed E-state index contributed by atoms with van der Waals surface area (Å²) in [5, 5.41) is 9.18. The van der Waals surface area contributed by atoms with Crippen LogP contribution in [0.3, 0.4) is 0 Å². The molecule has 0 spiro atoms. The van der Waals surface area contributed by atoms with E-state index in [1.54, 1.807) is 0 Å². The maximum absolute atomic E-state index is 9.18. The minimum absolute atomic E-state index is 0.0389. The third kappa shape index (κ3) is 4.37. The Morgan fingerprint density at radius 1 is 1.62 bits per heavy atom. The van der Waals surface area contributed by atoms with Crippen LogP contribution in [0.1, 0.15) is 33.6 Å². The maximum atomic E-state index is 9.18. The molecule has 4 heteroatoms. The third-order valence-electron chi connectivity index (χ3n) is 3.23. The van der Waals surface area contributed by atoms with Gasteiger partial charge in [-0.05, 0) is 33.6 Å². The lowest BCUT2D eigenvalue weighted by Gasteiger charge is -2.34. The van der Waals surface area contributed by atoms with Crippen LogP contribution in [0.4, 0.5) is 0 Å². The molecular formula is C12H26N2O2. The Bertz CT molecular complexity index is 209. The monoisotopic (exact) mass is 230 g/mol. The summed E-state index contributed by atoms with van der Waals surface area (Å²) in [6.45, 7) is 9.11. The Hall–Kier alpha value is -0.160. The van der Waals surface area contributed by atoms with Gasteiger partial charge < -0.3 is 15.6 Å². The molecular weight excluding hydrogens is 204 g/mol. The van der Waals surface area contributed by atoms with Gasteiger partial charge in [0.05, 0.1) is 12.7 Å². The number of rotatable bonds is 4. The van der Waals surface area contributed by atoms with Crippen molar-refractivity contribution in [1.29, 1.82) is 0 Å². The van der Waals surface area contributed by atoms with E-state index in [2.05, 4.69) is 18.7 Å². The third-order valence-corrected chi connectivity index (χ3v) is 3.23. The second-order valence-electron chi connectivity index (χ2n) is 5.40. The molecule has 0 amide bonds. The summed E-state index contributed by atoms with van der Waals surface area (Å²) in [4.78, 5) is 2.42. The van der Waals surface area contributed by atoms with E-state index < -0.39 is 5.54 Å². The first-order valence-electron chi connectivity index (χ1n) is 6.20. The summed E-state index contributed by atoms with van der Waals surface area (Å²) in [7, 11) is 0. The molecule has 1 aliphatic rings. The van der Waals surface area contributed by atoms with Gasteiger partial charge in [-0.25, -0.2) is 0 Å². The van der Waals surface area contributed by atoms with Gasteiger partial charge in [-0.2, -0.15) is 0 Å². The van der Waals surface area contributed by atoms with Crippen molar-refractivity contribution in [2.45, 2.75) is 51.3 Å². The lowest BCUT2D eigenvalue weighted by Crippen LogP contribution is -2.48. The first-order chi connectivity index (χ1) is 7.44.